The molecule has 0 aliphatic carbocycles. The summed E-state index contributed by atoms with van der Waals surface area (Å²) in [6.45, 7) is 3.82. The first-order valence-electron chi connectivity index (χ1n) is 7.20. The predicted molar refractivity (Wildman–Crippen MR) is 81.6 cm³/mol. The van der Waals surface area contributed by atoms with E-state index in [9.17, 15) is 5.11 Å². The fraction of sp³-hybridized carbons (Fsp3) is 0.438. The number of para-hydroxylation sites is 1. The van der Waals surface area contributed by atoms with Crippen molar-refractivity contribution in [3.8, 4) is 0 Å². The van der Waals surface area contributed by atoms with Gasteiger partial charge in [0.1, 0.15) is 0 Å². The van der Waals surface area contributed by atoms with Gasteiger partial charge >= 0.3 is 0 Å². The third-order valence-corrected chi connectivity index (χ3v) is 4.40. The molecular weight excluding hydrogens is 250 g/mol. The van der Waals surface area contributed by atoms with Crippen molar-refractivity contribution < 1.29 is 5.11 Å². The van der Waals surface area contributed by atoms with E-state index in [0.29, 0.717) is 12.5 Å². The van der Waals surface area contributed by atoms with Crippen molar-refractivity contribution in [2.75, 3.05) is 18.1 Å². The summed E-state index contributed by atoms with van der Waals surface area (Å²) >= 11 is 0. The summed E-state index contributed by atoms with van der Waals surface area (Å²) in [6.07, 6.45) is 2.97. The fourth-order valence-electron chi connectivity index (χ4n) is 3.22. The number of aromatic nitrogens is 1. The third kappa shape index (κ3) is 2.05. The number of benzene rings is 1. The number of aliphatic hydroxyl groups excluding tert-OH is 1. The van der Waals surface area contributed by atoms with Crippen LogP contribution in [0.25, 0.3) is 10.9 Å². The molecule has 4 heteroatoms. The highest BCUT2D eigenvalue weighted by molar-refractivity contribution is 5.93. The Balaban J connectivity index is 2.18. The first-order valence-corrected chi connectivity index (χ1v) is 7.20. The lowest BCUT2D eigenvalue weighted by molar-refractivity contribution is 0.245. The zero-order chi connectivity index (χ0) is 14.1. The van der Waals surface area contributed by atoms with Crippen LogP contribution in [0.4, 0.5) is 5.69 Å². The van der Waals surface area contributed by atoms with Crippen LogP contribution in [0.15, 0.2) is 30.5 Å². The van der Waals surface area contributed by atoms with Crippen molar-refractivity contribution in [1.29, 1.82) is 0 Å². The summed E-state index contributed by atoms with van der Waals surface area (Å²) in [5, 5.41) is 10.8. The molecule has 20 heavy (non-hydrogen) atoms. The lowest BCUT2D eigenvalue weighted by Gasteiger charge is -2.30. The minimum absolute atomic E-state index is 0.172. The maximum atomic E-state index is 9.72. The van der Waals surface area contributed by atoms with Gasteiger partial charge in [0.05, 0.1) is 23.9 Å². The zero-order valence-electron chi connectivity index (χ0n) is 11.8. The van der Waals surface area contributed by atoms with Crippen LogP contribution in [0.5, 0.6) is 0 Å². The van der Waals surface area contributed by atoms with Gasteiger partial charge in [-0.1, -0.05) is 25.1 Å². The summed E-state index contributed by atoms with van der Waals surface area (Å²) in [5.74, 6) is 0.498. The van der Waals surface area contributed by atoms with Gasteiger partial charge < -0.3 is 15.7 Å². The molecule has 1 fully saturated rings. The first kappa shape index (κ1) is 13.3. The summed E-state index contributed by atoms with van der Waals surface area (Å²) in [6, 6.07) is 8.31. The van der Waals surface area contributed by atoms with Crippen molar-refractivity contribution in [3.63, 3.8) is 0 Å². The van der Waals surface area contributed by atoms with Crippen LogP contribution in [0, 0.1) is 5.92 Å². The minimum Gasteiger partial charge on any atom is -0.394 e. The Morgan fingerprint density at radius 3 is 2.95 bits per heavy atom. The topological polar surface area (TPSA) is 62.4 Å². The van der Waals surface area contributed by atoms with Crippen molar-refractivity contribution in [3.05, 3.63) is 36.0 Å². The molecule has 1 aliphatic rings. The highest BCUT2D eigenvalue weighted by atomic mass is 16.3. The Morgan fingerprint density at radius 2 is 2.20 bits per heavy atom. The molecule has 2 unspecified atom stereocenters. The van der Waals surface area contributed by atoms with Crippen LogP contribution >= 0.6 is 0 Å². The Kier molecular flexibility index (Phi) is 3.59. The molecule has 4 nitrogen and oxygen atoms in total. The van der Waals surface area contributed by atoms with E-state index in [4.69, 9.17) is 5.73 Å². The third-order valence-electron chi connectivity index (χ3n) is 4.40. The molecule has 1 saturated heterocycles. The van der Waals surface area contributed by atoms with E-state index in [1.807, 2.05) is 24.4 Å². The van der Waals surface area contributed by atoms with Crippen LogP contribution in [0.2, 0.25) is 0 Å². The molecule has 0 saturated carbocycles. The van der Waals surface area contributed by atoms with E-state index < -0.39 is 0 Å². The Bertz CT molecular complexity index is 614. The van der Waals surface area contributed by atoms with Crippen LogP contribution in [-0.2, 0) is 6.54 Å². The fourth-order valence-corrected chi connectivity index (χ4v) is 3.22. The Morgan fingerprint density at radius 1 is 1.40 bits per heavy atom. The molecule has 1 aromatic heterocycles. The average Bonchev–Trinajstić information content (AvgIpc) is 2.86. The normalized spacial score (nSPS) is 22.6. The van der Waals surface area contributed by atoms with Gasteiger partial charge in [-0.15, -0.1) is 0 Å². The van der Waals surface area contributed by atoms with Crippen LogP contribution in [0.1, 0.15) is 18.9 Å². The van der Waals surface area contributed by atoms with E-state index in [1.165, 1.54) is 0 Å². The Hall–Kier alpha value is -1.65. The van der Waals surface area contributed by atoms with E-state index in [-0.39, 0.29) is 12.6 Å². The van der Waals surface area contributed by atoms with E-state index in [2.05, 4.69) is 22.9 Å². The largest absolute Gasteiger partial charge is 0.394 e. The van der Waals surface area contributed by atoms with Crippen molar-refractivity contribution in [2.45, 2.75) is 25.9 Å². The van der Waals surface area contributed by atoms with Gasteiger partial charge in [0.25, 0.3) is 0 Å². The monoisotopic (exact) mass is 271 g/mol. The molecule has 2 heterocycles. The molecule has 0 radical (unpaired) electrons. The number of hydrogen-bond donors (Lipinski definition) is 2. The van der Waals surface area contributed by atoms with Crippen LogP contribution in [0.3, 0.4) is 0 Å². The van der Waals surface area contributed by atoms with Gasteiger partial charge in [-0.05, 0) is 18.4 Å². The molecule has 1 aliphatic heterocycles. The van der Waals surface area contributed by atoms with Gasteiger partial charge in [0.15, 0.2) is 0 Å². The molecule has 0 amide bonds. The second kappa shape index (κ2) is 5.38. The van der Waals surface area contributed by atoms with Gasteiger partial charge in [-0.2, -0.15) is 0 Å². The summed E-state index contributed by atoms with van der Waals surface area (Å²) in [4.78, 5) is 6.80. The molecule has 0 spiro atoms. The molecule has 106 valence electrons. The number of nitrogens with two attached hydrogens (primary N) is 1. The van der Waals surface area contributed by atoms with Gasteiger partial charge in [-0.25, -0.2) is 0 Å². The number of aliphatic hydroxyl groups is 1. The molecule has 3 rings (SSSR count). The van der Waals surface area contributed by atoms with Gasteiger partial charge in [0.2, 0.25) is 0 Å². The quantitative estimate of drug-likeness (QED) is 0.895. The molecule has 1 aromatic carbocycles. The van der Waals surface area contributed by atoms with E-state index in [1.54, 1.807) is 0 Å². The molecule has 3 N–H and O–H groups in total. The SMILES string of the molecule is CC1CCN(c2c(CN)cnc3ccccc23)C1CO. The summed E-state index contributed by atoms with van der Waals surface area (Å²) in [7, 11) is 0. The van der Waals surface area contributed by atoms with Crippen molar-refractivity contribution in [1.82, 2.24) is 4.98 Å². The number of anilines is 1. The predicted octanol–water partition coefficient (Wildman–Crippen LogP) is 1.90. The molecule has 0 bridgehead atoms. The summed E-state index contributed by atoms with van der Waals surface area (Å²) in [5.41, 5.74) is 9.09. The molecule has 2 aromatic rings. The average molecular weight is 271 g/mol. The second-order valence-corrected chi connectivity index (χ2v) is 5.56. The van der Waals surface area contributed by atoms with Gasteiger partial charge in [0, 0.05) is 30.2 Å². The number of nitrogens with zero attached hydrogens (tertiary/aromatic N) is 2. The number of rotatable bonds is 3. The zero-order valence-corrected chi connectivity index (χ0v) is 11.8. The molecule has 2 atom stereocenters. The highest BCUT2D eigenvalue weighted by Crippen LogP contribution is 2.36. The van der Waals surface area contributed by atoms with Crippen LogP contribution < -0.4 is 10.6 Å². The lowest BCUT2D eigenvalue weighted by atomic mass is 10.0. The van der Waals surface area contributed by atoms with E-state index >= 15 is 0 Å². The second-order valence-electron chi connectivity index (χ2n) is 5.56. The van der Waals surface area contributed by atoms with Gasteiger partial charge in [-0.3, -0.25) is 4.98 Å². The summed E-state index contributed by atoms with van der Waals surface area (Å²) < 4.78 is 0. The lowest BCUT2D eigenvalue weighted by Crippen LogP contribution is -2.36. The van der Waals surface area contributed by atoms with Crippen molar-refractivity contribution >= 4 is 16.6 Å². The highest BCUT2D eigenvalue weighted by Gasteiger charge is 2.32. The number of fused-ring (bicyclic) bond motifs is 1. The first-order chi connectivity index (χ1) is 9.76. The smallest absolute Gasteiger partial charge is 0.0723 e. The Labute approximate surface area is 119 Å². The maximum absolute atomic E-state index is 9.72. The number of hydrogen-bond acceptors (Lipinski definition) is 4. The van der Waals surface area contributed by atoms with E-state index in [0.717, 1.165) is 35.1 Å². The standard InChI is InChI=1S/C16H21N3O/c1-11-6-7-19(15(11)10-20)16-12(8-17)9-18-14-5-3-2-4-13(14)16/h2-5,9,11,15,20H,6-8,10,17H2,1H3. The van der Waals surface area contributed by atoms with Crippen molar-refractivity contribution in [2.24, 2.45) is 11.7 Å². The molecular formula is C16H21N3O. The maximum Gasteiger partial charge on any atom is 0.0723 e. The van der Waals surface area contributed by atoms with Crippen LogP contribution in [-0.4, -0.2) is 29.3 Å². The number of pyridine rings is 1. The minimum atomic E-state index is 0.172.